The van der Waals surface area contributed by atoms with Gasteiger partial charge in [-0.25, -0.2) is 0 Å². The normalized spacial score (nSPS) is 25.5. The first kappa shape index (κ1) is 16.4. The van der Waals surface area contributed by atoms with Gasteiger partial charge in [0.05, 0.1) is 6.07 Å². The van der Waals surface area contributed by atoms with Crippen molar-refractivity contribution in [1.29, 1.82) is 5.26 Å². The smallest absolute Gasteiger partial charge is 0.107 e. The van der Waals surface area contributed by atoms with Crippen LogP contribution in [0.5, 0.6) is 0 Å². The number of hydrogen-bond acceptors (Lipinski definition) is 3. The molecule has 1 aromatic carbocycles. The van der Waals surface area contributed by atoms with Gasteiger partial charge in [-0.1, -0.05) is 36.2 Å². The van der Waals surface area contributed by atoms with Gasteiger partial charge in [-0.05, 0) is 51.6 Å². The first-order chi connectivity index (χ1) is 10.1. The lowest BCUT2D eigenvalue weighted by atomic mass is 9.82. The van der Waals surface area contributed by atoms with Crippen molar-refractivity contribution in [2.24, 2.45) is 0 Å². The van der Waals surface area contributed by atoms with E-state index in [1.807, 2.05) is 11.8 Å². The van der Waals surface area contributed by atoms with Gasteiger partial charge in [0.2, 0.25) is 0 Å². The topological polar surface area (TPSA) is 35.8 Å². The predicted octanol–water partition coefficient (Wildman–Crippen LogP) is 4.35. The quantitative estimate of drug-likeness (QED) is 0.878. The predicted molar refractivity (Wildman–Crippen MR) is 91.5 cm³/mol. The molecule has 1 N–H and O–H groups in total. The van der Waals surface area contributed by atoms with Crippen LogP contribution in [-0.4, -0.2) is 17.3 Å². The third-order valence-corrected chi connectivity index (χ3v) is 5.58. The lowest BCUT2D eigenvalue weighted by Crippen LogP contribution is -2.48. The number of benzene rings is 1. The second-order valence-electron chi connectivity index (χ2n) is 6.25. The molecule has 1 fully saturated rings. The maximum absolute atomic E-state index is 9.53. The van der Waals surface area contributed by atoms with Gasteiger partial charge >= 0.3 is 0 Å². The minimum absolute atomic E-state index is 0.285. The Bertz CT molecular complexity index is 496. The number of thioether (sulfide) groups is 1. The van der Waals surface area contributed by atoms with E-state index in [1.165, 1.54) is 23.1 Å². The van der Waals surface area contributed by atoms with Crippen molar-refractivity contribution in [2.75, 3.05) is 6.54 Å². The number of aryl methyl sites for hydroxylation is 2. The zero-order valence-electron chi connectivity index (χ0n) is 13.4. The molecular weight excluding hydrogens is 276 g/mol. The van der Waals surface area contributed by atoms with Crippen LogP contribution in [0.1, 0.15) is 49.3 Å². The minimum atomic E-state index is -0.285. The van der Waals surface area contributed by atoms with E-state index < -0.39 is 0 Å². The Kier molecular flexibility index (Phi) is 5.72. The molecule has 2 rings (SSSR count). The molecule has 0 aliphatic heterocycles. The van der Waals surface area contributed by atoms with E-state index in [2.05, 4.69) is 50.4 Å². The van der Waals surface area contributed by atoms with E-state index in [9.17, 15) is 5.26 Å². The van der Waals surface area contributed by atoms with Crippen molar-refractivity contribution in [3.8, 4) is 6.07 Å². The third-order valence-electron chi connectivity index (χ3n) is 4.20. The van der Waals surface area contributed by atoms with Crippen molar-refractivity contribution in [3.05, 3.63) is 34.9 Å². The summed E-state index contributed by atoms with van der Waals surface area (Å²) in [6, 6.07) is 9.33. The molecular formula is C18H26N2S. The first-order valence-electron chi connectivity index (χ1n) is 7.92. The van der Waals surface area contributed by atoms with Crippen LogP contribution in [0.3, 0.4) is 0 Å². The summed E-state index contributed by atoms with van der Waals surface area (Å²) in [7, 11) is 0. The molecule has 0 spiro atoms. The second-order valence-corrected chi connectivity index (χ2v) is 7.54. The van der Waals surface area contributed by atoms with E-state index >= 15 is 0 Å². The molecule has 0 bridgehead atoms. The molecule has 1 aromatic rings. The Morgan fingerprint density at radius 3 is 2.67 bits per heavy atom. The second kappa shape index (κ2) is 7.33. The third kappa shape index (κ3) is 4.49. The van der Waals surface area contributed by atoms with Gasteiger partial charge in [-0.3, -0.25) is 5.32 Å². The fourth-order valence-electron chi connectivity index (χ4n) is 3.37. The Balaban J connectivity index is 1.95. The van der Waals surface area contributed by atoms with Crippen molar-refractivity contribution in [3.63, 3.8) is 0 Å². The summed E-state index contributed by atoms with van der Waals surface area (Å²) in [5.74, 6) is 1.06. The monoisotopic (exact) mass is 302 g/mol. The van der Waals surface area contributed by atoms with Gasteiger partial charge in [0.1, 0.15) is 5.54 Å². The Labute approximate surface area is 133 Å². The van der Waals surface area contributed by atoms with E-state index in [1.54, 1.807) is 0 Å². The maximum atomic E-state index is 9.53. The van der Waals surface area contributed by atoms with Crippen LogP contribution in [0.2, 0.25) is 0 Å². The summed E-state index contributed by atoms with van der Waals surface area (Å²) in [5.41, 5.74) is 3.81. The van der Waals surface area contributed by atoms with Crippen molar-refractivity contribution >= 4 is 11.8 Å². The summed E-state index contributed by atoms with van der Waals surface area (Å²) in [6.45, 7) is 7.29. The van der Waals surface area contributed by atoms with Crippen LogP contribution < -0.4 is 5.32 Å². The van der Waals surface area contributed by atoms with Crippen LogP contribution in [0.4, 0.5) is 0 Å². The summed E-state index contributed by atoms with van der Waals surface area (Å²) in [4.78, 5) is 0. The molecule has 1 aliphatic rings. The van der Waals surface area contributed by atoms with E-state index in [0.717, 1.165) is 31.6 Å². The molecule has 0 saturated heterocycles. The molecule has 2 atom stereocenters. The van der Waals surface area contributed by atoms with Crippen LogP contribution >= 0.6 is 11.8 Å². The molecule has 0 aromatic heterocycles. The van der Waals surface area contributed by atoms with Gasteiger partial charge in [-0.15, -0.1) is 0 Å². The summed E-state index contributed by atoms with van der Waals surface area (Å²) < 4.78 is 0. The van der Waals surface area contributed by atoms with Crippen LogP contribution in [0, 0.1) is 25.2 Å². The summed E-state index contributed by atoms with van der Waals surface area (Å²) in [6.07, 6.45) is 4.38. The minimum Gasteiger partial charge on any atom is -0.300 e. The van der Waals surface area contributed by atoms with Crippen molar-refractivity contribution in [1.82, 2.24) is 5.32 Å². The lowest BCUT2D eigenvalue weighted by molar-refractivity contribution is 0.309. The number of nitrogens with one attached hydrogen (secondary N) is 1. The highest BCUT2D eigenvalue weighted by atomic mass is 32.2. The zero-order valence-corrected chi connectivity index (χ0v) is 14.2. The SMILES string of the molecule is CCNC1(C#N)CCCC(SCc2cc(C)cc(C)c2)C1. The first-order valence-corrected chi connectivity index (χ1v) is 8.97. The molecule has 0 heterocycles. The summed E-state index contributed by atoms with van der Waals surface area (Å²) in [5, 5.41) is 13.5. The van der Waals surface area contributed by atoms with Crippen LogP contribution in [-0.2, 0) is 5.75 Å². The van der Waals surface area contributed by atoms with E-state index in [4.69, 9.17) is 0 Å². The van der Waals surface area contributed by atoms with Gasteiger partial charge in [0.25, 0.3) is 0 Å². The zero-order chi connectivity index (χ0) is 15.3. The molecule has 21 heavy (non-hydrogen) atoms. The van der Waals surface area contributed by atoms with Gasteiger partial charge in [0, 0.05) is 11.0 Å². The Hall–Kier alpha value is -0.980. The van der Waals surface area contributed by atoms with Gasteiger partial charge in [-0.2, -0.15) is 17.0 Å². The Morgan fingerprint density at radius 1 is 1.33 bits per heavy atom. The van der Waals surface area contributed by atoms with Crippen molar-refractivity contribution in [2.45, 2.75) is 63.0 Å². The molecule has 114 valence electrons. The number of nitriles is 1. The highest BCUT2D eigenvalue weighted by Crippen LogP contribution is 2.36. The number of rotatable bonds is 5. The van der Waals surface area contributed by atoms with Gasteiger partial charge < -0.3 is 0 Å². The van der Waals surface area contributed by atoms with E-state index in [-0.39, 0.29) is 5.54 Å². The van der Waals surface area contributed by atoms with E-state index in [0.29, 0.717) is 5.25 Å². The molecule has 0 radical (unpaired) electrons. The average Bonchev–Trinajstić information content (AvgIpc) is 2.45. The molecule has 1 aliphatic carbocycles. The summed E-state index contributed by atoms with van der Waals surface area (Å²) >= 11 is 2.02. The average molecular weight is 302 g/mol. The molecule has 1 saturated carbocycles. The molecule has 0 amide bonds. The van der Waals surface area contributed by atoms with Crippen LogP contribution in [0.15, 0.2) is 18.2 Å². The van der Waals surface area contributed by atoms with Crippen molar-refractivity contribution < 1.29 is 0 Å². The maximum Gasteiger partial charge on any atom is 0.107 e. The molecule has 2 nitrogen and oxygen atoms in total. The Morgan fingerprint density at radius 2 is 2.05 bits per heavy atom. The molecule has 2 unspecified atom stereocenters. The molecule has 3 heteroatoms. The number of nitrogens with zero attached hydrogens (tertiary/aromatic N) is 1. The fourth-order valence-corrected chi connectivity index (χ4v) is 4.70. The fraction of sp³-hybridized carbons (Fsp3) is 0.611. The largest absolute Gasteiger partial charge is 0.300 e. The standard InChI is InChI=1S/C18H26N2S/c1-4-20-18(13-19)7-5-6-17(11-18)21-12-16-9-14(2)8-15(3)10-16/h8-10,17,20H,4-7,11-12H2,1-3H3. The highest BCUT2D eigenvalue weighted by Gasteiger charge is 2.35. The van der Waals surface area contributed by atoms with Crippen LogP contribution in [0.25, 0.3) is 0 Å². The lowest BCUT2D eigenvalue weighted by Gasteiger charge is -2.36. The van der Waals surface area contributed by atoms with Gasteiger partial charge in [0.15, 0.2) is 0 Å². The highest BCUT2D eigenvalue weighted by molar-refractivity contribution is 7.99. The number of hydrogen-bond donors (Lipinski definition) is 1.